The smallest absolute Gasteiger partial charge is 0.351 e. The number of carbonyl (C=O) groups excluding carboxylic acids is 1. The highest BCUT2D eigenvalue weighted by Crippen LogP contribution is 2.32. The molecule has 1 saturated heterocycles. The van der Waals surface area contributed by atoms with Gasteiger partial charge in [0, 0.05) is 45.6 Å². The SMILES string of the molecule is Cn1ccnc1C1CNCCN1CC(=O)NCc1ccc(F)cc1C(F)(F)F. The maximum absolute atomic E-state index is 13.2. The molecule has 0 aliphatic carbocycles. The van der Waals surface area contributed by atoms with Gasteiger partial charge in [-0.1, -0.05) is 6.07 Å². The van der Waals surface area contributed by atoms with Crippen LogP contribution in [0.25, 0.3) is 0 Å². The van der Waals surface area contributed by atoms with Crippen LogP contribution in [-0.4, -0.2) is 46.5 Å². The van der Waals surface area contributed by atoms with Gasteiger partial charge >= 0.3 is 6.18 Å². The van der Waals surface area contributed by atoms with Crippen LogP contribution in [0.15, 0.2) is 30.6 Å². The molecule has 1 aromatic carbocycles. The van der Waals surface area contributed by atoms with Crippen LogP contribution >= 0.6 is 0 Å². The topological polar surface area (TPSA) is 62.2 Å². The van der Waals surface area contributed by atoms with Crippen LogP contribution in [0.5, 0.6) is 0 Å². The van der Waals surface area contributed by atoms with E-state index in [0.717, 1.165) is 18.0 Å². The fraction of sp³-hybridized carbons (Fsp3) is 0.444. The molecule has 152 valence electrons. The van der Waals surface area contributed by atoms with Crippen LogP contribution in [0, 0.1) is 5.82 Å². The summed E-state index contributed by atoms with van der Waals surface area (Å²) in [6.45, 7) is 1.63. The van der Waals surface area contributed by atoms with Crippen LogP contribution in [0.1, 0.15) is 23.0 Å². The number of hydrogen-bond acceptors (Lipinski definition) is 4. The Labute approximate surface area is 159 Å². The summed E-state index contributed by atoms with van der Waals surface area (Å²) >= 11 is 0. The molecule has 1 aromatic heterocycles. The first-order chi connectivity index (χ1) is 13.3. The van der Waals surface area contributed by atoms with Crippen molar-refractivity contribution in [2.24, 2.45) is 7.05 Å². The van der Waals surface area contributed by atoms with Crippen molar-refractivity contribution < 1.29 is 22.4 Å². The Hall–Kier alpha value is -2.46. The first-order valence-electron chi connectivity index (χ1n) is 8.80. The van der Waals surface area contributed by atoms with E-state index in [2.05, 4.69) is 15.6 Å². The number of piperazine rings is 1. The van der Waals surface area contributed by atoms with E-state index in [1.165, 1.54) is 0 Å². The minimum Gasteiger partial charge on any atom is -0.351 e. The Kier molecular flexibility index (Phi) is 5.99. The first-order valence-corrected chi connectivity index (χ1v) is 8.80. The average Bonchev–Trinajstić information content (AvgIpc) is 3.06. The van der Waals surface area contributed by atoms with Crippen molar-refractivity contribution in [3.05, 3.63) is 53.4 Å². The summed E-state index contributed by atoms with van der Waals surface area (Å²) in [5.41, 5.74) is -1.26. The predicted octanol–water partition coefficient (Wildman–Crippen LogP) is 1.84. The molecule has 3 rings (SSSR count). The Morgan fingerprint density at radius 3 is 2.86 bits per heavy atom. The van der Waals surface area contributed by atoms with E-state index in [-0.39, 0.29) is 24.7 Å². The molecule has 0 saturated carbocycles. The Morgan fingerprint density at radius 1 is 1.39 bits per heavy atom. The summed E-state index contributed by atoms with van der Waals surface area (Å²) in [7, 11) is 1.86. The summed E-state index contributed by atoms with van der Waals surface area (Å²) in [5, 5.41) is 5.76. The predicted molar refractivity (Wildman–Crippen MR) is 93.6 cm³/mol. The van der Waals surface area contributed by atoms with E-state index in [1.54, 1.807) is 6.20 Å². The Morgan fingerprint density at radius 2 is 2.18 bits per heavy atom. The van der Waals surface area contributed by atoms with Crippen molar-refractivity contribution in [2.45, 2.75) is 18.8 Å². The normalized spacial score (nSPS) is 18.2. The van der Waals surface area contributed by atoms with E-state index in [0.29, 0.717) is 25.7 Å². The summed E-state index contributed by atoms with van der Waals surface area (Å²) in [5.74, 6) is -0.572. The summed E-state index contributed by atoms with van der Waals surface area (Å²) in [6, 6.07) is 2.31. The van der Waals surface area contributed by atoms with Gasteiger partial charge in [-0.3, -0.25) is 9.69 Å². The molecule has 1 aliphatic rings. The number of carbonyl (C=O) groups is 1. The average molecular weight is 399 g/mol. The summed E-state index contributed by atoms with van der Waals surface area (Å²) in [6.07, 6.45) is -1.20. The highest BCUT2D eigenvalue weighted by Gasteiger charge is 2.34. The molecule has 1 unspecified atom stereocenters. The highest BCUT2D eigenvalue weighted by atomic mass is 19.4. The quantitative estimate of drug-likeness (QED) is 0.754. The minimum absolute atomic E-state index is 0.0295. The van der Waals surface area contributed by atoms with Crippen molar-refractivity contribution in [3.63, 3.8) is 0 Å². The number of nitrogens with zero attached hydrogens (tertiary/aromatic N) is 3. The van der Waals surface area contributed by atoms with Gasteiger partial charge in [0.25, 0.3) is 0 Å². The van der Waals surface area contributed by atoms with E-state index >= 15 is 0 Å². The molecule has 10 heteroatoms. The van der Waals surface area contributed by atoms with Gasteiger partial charge in [-0.25, -0.2) is 9.37 Å². The summed E-state index contributed by atoms with van der Waals surface area (Å²) in [4.78, 5) is 18.6. The van der Waals surface area contributed by atoms with Crippen LogP contribution in [0.2, 0.25) is 0 Å². The highest BCUT2D eigenvalue weighted by molar-refractivity contribution is 5.78. The number of amides is 1. The minimum atomic E-state index is -4.69. The third-order valence-corrected chi connectivity index (χ3v) is 4.71. The fourth-order valence-electron chi connectivity index (χ4n) is 3.29. The summed E-state index contributed by atoms with van der Waals surface area (Å²) < 4.78 is 54.3. The number of nitrogens with one attached hydrogen (secondary N) is 2. The molecular formula is C18H21F4N5O. The second kappa shape index (κ2) is 8.27. The Balaban J connectivity index is 1.65. The van der Waals surface area contributed by atoms with Gasteiger partial charge in [-0.05, 0) is 17.7 Å². The maximum Gasteiger partial charge on any atom is 0.416 e. The standard InChI is InChI=1S/C18H21F4N5O/c1-26-6-5-24-17(26)15-10-23-4-7-27(15)11-16(28)25-9-12-2-3-13(19)8-14(12)18(20,21)22/h2-3,5-6,8,15,23H,4,7,9-11H2,1H3,(H,25,28). The molecule has 6 nitrogen and oxygen atoms in total. The number of imidazole rings is 1. The molecule has 1 aliphatic heterocycles. The van der Waals surface area contributed by atoms with E-state index in [4.69, 9.17) is 0 Å². The molecule has 1 fully saturated rings. The van der Waals surface area contributed by atoms with Gasteiger partial charge < -0.3 is 15.2 Å². The first kappa shape index (κ1) is 20.3. The monoisotopic (exact) mass is 399 g/mol. The zero-order chi connectivity index (χ0) is 20.3. The van der Waals surface area contributed by atoms with Gasteiger partial charge in [0.2, 0.25) is 5.91 Å². The molecule has 2 N–H and O–H groups in total. The lowest BCUT2D eigenvalue weighted by Gasteiger charge is -2.35. The van der Waals surface area contributed by atoms with Crippen LogP contribution in [0.4, 0.5) is 17.6 Å². The van der Waals surface area contributed by atoms with E-state index in [1.807, 2.05) is 22.7 Å². The fourth-order valence-corrected chi connectivity index (χ4v) is 3.29. The van der Waals surface area contributed by atoms with Crippen LogP contribution < -0.4 is 10.6 Å². The zero-order valence-corrected chi connectivity index (χ0v) is 15.3. The third-order valence-electron chi connectivity index (χ3n) is 4.71. The van der Waals surface area contributed by atoms with Gasteiger partial charge in [-0.15, -0.1) is 0 Å². The number of benzene rings is 1. The molecular weight excluding hydrogens is 378 g/mol. The number of aryl methyl sites for hydroxylation is 1. The van der Waals surface area contributed by atoms with Crippen LogP contribution in [-0.2, 0) is 24.6 Å². The second-order valence-electron chi connectivity index (χ2n) is 6.66. The lowest BCUT2D eigenvalue weighted by molar-refractivity contribution is -0.138. The molecule has 1 amide bonds. The molecule has 1 atom stereocenters. The lowest BCUT2D eigenvalue weighted by atomic mass is 10.1. The van der Waals surface area contributed by atoms with Gasteiger partial charge in [0.15, 0.2) is 0 Å². The van der Waals surface area contributed by atoms with Crippen molar-refractivity contribution in [3.8, 4) is 0 Å². The van der Waals surface area contributed by atoms with Crippen molar-refractivity contribution in [1.29, 1.82) is 0 Å². The van der Waals surface area contributed by atoms with Crippen molar-refractivity contribution in [1.82, 2.24) is 25.1 Å². The molecule has 2 heterocycles. The Bertz CT molecular complexity index is 836. The molecule has 0 bridgehead atoms. The van der Waals surface area contributed by atoms with Gasteiger partial charge in [-0.2, -0.15) is 13.2 Å². The molecule has 0 spiro atoms. The maximum atomic E-state index is 13.2. The molecule has 2 aromatic rings. The number of alkyl halides is 3. The number of hydrogen-bond donors (Lipinski definition) is 2. The largest absolute Gasteiger partial charge is 0.416 e. The lowest BCUT2D eigenvalue weighted by Crippen LogP contribution is -2.50. The van der Waals surface area contributed by atoms with Gasteiger partial charge in [0.05, 0.1) is 18.2 Å². The van der Waals surface area contributed by atoms with Crippen molar-refractivity contribution in [2.75, 3.05) is 26.2 Å². The van der Waals surface area contributed by atoms with Gasteiger partial charge in [0.1, 0.15) is 11.6 Å². The zero-order valence-electron chi connectivity index (χ0n) is 15.3. The molecule has 28 heavy (non-hydrogen) atoms. The van der Waals surface area contributed by atoms with Crippen LogP contribution in [0.3, 0.4) is 0 Å². The number of rotatable bonds is 5. The van der Waals surface area contributed by atoms with E-state index in [9.17, 15) is 22.4 Å². The number of aromatic nitrogens is 2. The molecule has 0 radical (unpaired) electrons. The third kappa shape index (κ3) is 4.68. The second-order valence-corrected chi connectivity index (χ2v) is 6.66. The van der Waals surface area contributed by atoms with Crippen molar-refractivity contribution >= 4 is 5.91 Å². The van der Waals surface area contributed by atoms with E-state index < -0.39 is 23.5 Å². The number of halogens is 4.